The van der Waals surface area contributed by atoms with Crippen molar-refractivity contribution in [2.75, 3.05) is 0 Å². The van der Waals surface area contributed by atoms with Crippen molar-refractivity contribution in [2.24, 2.45) is 0 Å². The number of aromatic amines is 2. The highest BCUT2D eigenvalue weighted by atomic mass is 19.1. The lowest BCUT2D eigenvalue weighted by atomic mass is 10.5. The third kappa shape index (κ3) is 0.794. The Labute approximate surface area is 59.3 Å². The average molecular weight is 154 g/mol. The molecule has 0 amide bonds. The van der Waals surface area contributed by atoms with Gasteiger partial charge in [0.05, 0.1) is 6.33 Å². The molecule has 6 heteroatoms. The topological polar surface area (TPSA) is 74.4 Å². The fourth-order valence-electron chi connectivity index (χ4n) is 0.814. The van der Waals surface area contributed by atoms with Crippen LogP contribution in [-0.4, -0.2) is 19.9 Å². The van der Waals surface area contributed by atoms with Gasteiger partial charge in [0.2, 0.25) is 5.95 Å². The molecule has 0 bridgehead atoms. The number of fused-ring (bicyclic) bond motifs is 1. The lowest BCUT2D eigenvalue weighted by molar-refractivity contribution is 0.585. The molecule has 0 fully saturated rings. The van der Waals surface area contributed by atoms with Crippen LogP contribution in [0.2, 0.25) is 0 Å². The van der Waals surface area contributed by atoms with Gasteiger partial charge >= 0.3 is 5.69 Å². The number of H-pyrrole nitrogens is 2. The molecule has 0 radical (unpaired) electrons. The molecule has 2 N–H and O–H groups in total. The summed E-state index contributed by atoms with van der Waals surface area (Å²) in [4.78, 5) is 21.9. The fraction of sp³-hybridized carbons (Fsp3) is 0. The molecule has 0 aromatic carbocycles. The SMILES string of the molecule is O=c1nc2nc[nH]c2c(F)[nH]1. The Bertz CT molecular complexity index is 445. The number of nitrogens with zero attached hydrogens (tertiary/aromatic N) is 2. The van der Waals surface area contributed by atoms with Gasteiger partial charge in [-0.25, -0.2) is 9.78 Å². The Kier molecular flexibility index (Phi) is 1.03. The van der Waals surface area contributed by atoms with Gasteiger partial charge in [-0.2, -0.15) is 9.37 Å². The molecule has 11 heavy (non-hydrogen) atoms. The van der Waals surface area contributed by atoms with Crippen molar-refractivity contribution < 1.29 is 4.39 Å². The maximum Gasteiger partial charge on any atom is 0.349 e. The largest absolute Gasteiger partial charge is 0.349 e. The average Bonchev–Trinajstić information content (AvgIpc) is 2.34. The van der Waals surface area contributed by atoms with Gasteiger partial charge in [0.15, 0.2) is 5.65 Å². The standard InChI is InChI=1S/C5H3FN4O/c6-3-2-4(8-1-7-2)10-5(11)9-3/h1H,(H2,7,8,9,10,11). The maximum absolute atomic E-state index is 12.7. The van der Waals surface area contributed by atoms with Crippen LogP contribution in [0.1, 0.15) is 0 Å². The van der Waals surface area contributed by atoms with E-state index >= 15 is 0 Å². The minimum absolute atomic E-state index is 0.0891. The van der Waals surface area contributed by atoms with Gasteiger partial charge in [0, 0.05) is 0 Å². The van der Waals surface area contributed by atoms with Crippen molar-refractivity contribution in [1.29, 1.82) is 0 Å². The van der Waals surface area contributed by atoms with E-state index in [1.54, 1.807) is 0 Å². The summed E-state index contributed by atoms with van der Waals surface area (Å²) in [5, 5.41) is 0. The Hall–Kier alpha value is -1.72. The highest BCUT2D eigenvalue weighted by Crippen LogP contribution is 2.03. The molecule has 2 heterocycles. The highest BCUT2D eigenvalue weighted by Gasteiger charge is 2.04. The number of rotatable bonds is 0. The zero-order valence-electron chi connectivity index (χ0n) is 5.26. The van der Waals surface area contributed by atoms with Crippen LogP contribution in [0.5, 0.6) is 0 Å². The van der Waals surface area contributed by atoms with Crippen molar-refractivity contribution in [2.45, 2.75) is 0 Å². The van der Waals surface area contributed by atoms with E-state index in [9.17, 15) is 9.18 Å². The predicted molar refractivity (Wildman–Crippen MR) is 34.5 cm³/mol. The minimum Gasteiger partial charge on any atom is -0.340 e. The Morgan fingerprint density at radius 3 is 3.18 bits per heavy atom. The van der Waals surface area contributed by atoms with Crippen LogP contribution in [0.3, 0.4) is 0 Å². The molecule has 5 nitrogen and oxygen atoms in total. The highest BCUT2D eigenvalue weighted by molar-refractivity contribution is 5.68. The van der Waals surface area contributed by atoms with E-state index < -0.39 is 11.6 Å². The first kappa shape index (κ1) is 6.02. The second-order valence-electron chi connectivity index (χ2n) is 1.96. The molecule has 2 rings (SSSR count). The van der Waals surface area contributed by atoms with E-state index in [0.29, 0.717) is 0 Å². The molecule has 2 aromatic heterocycles. The summed E-state index contributed by atoms with van der Waals surface area (Å²) >= 11 is 0. The van der Waals surface area contributed by atoms with Gasteiger partial charge < -0.3 is 4.98 Å². The first-order valence-corrected chi connectivity index (χ1v) is 2.86. The fourth-order valence-corrected chi connectivity index (χ4v) is 0.814. The van der Waals surface area contributed by atoms with E-state index in [4.69, 9.17) is 0 Å². The monoisotopic (exact) mass is 154 g/mol. The molecular weight excluding hydrogens is 151 g/mol. The zero-order chi connectivity index (χ0) is 7.84. The molecule has 56 valence electrons. The summed E-state index contributed by atoms with van der Waals surface area (Å²) in [5.74, 6) is -0.738. The number of nitrogens with one attached hydrogen (secondary N) is 2. The predicted octanol–water partition coefficient (Wildman–Crippen LogP) is -0.215. The Morgan fingerprint density at radius 2 is 2.36 bits per heavy atom. The lowest BCUT2D eigenvalue weighted by Crippen LogP contribution is -2.11. The van der Waals surface area contributed by atoms with Crippen molar-refractivity contribution in [3.8, 4) is 0 Å². The van der Waals surface area contributed by atoms with E-state index in [-0.39, 0.29) is 11.2 Å². The molecule has 0 saturated carbocycles. The summed E-state index contributed by atoms with van der Waals surface area (Å²) in [6.45, 7) is 0. The summed E-state index contributed by atoms with van der Waals surface area (Å²) in [6.07, 6.45) is 1.27. The van der Waals surface area contributed by atoms with Crippen molar-refractivity contribution in [1.82, 2.24) is 19.9 Å². The number of hydrogen-bond acceptors (Lipinski definition) is 3. The van der Waals surface area contributed by atoms with Crippen molar-refractivity contribution in [3.05, 3.63) is 22.8 Å². The molecule has 0 saturated heterocycles. The molecule has 0 atom stereocenters. The van der Waals surface area contributed by atoms with Crippen molar-refractivity contribution in [3.63, 3.8) is 0 Å². The smallest absolute Gasteiger partial charge is 0.340 e. The first-order chi connectivity index (χ1) is 5.27. The Morgan fingerprint density at radius 1 is 1.55 bits per heavy atom. The van der Waals surface area contributed by atoms with Crippen LogP contribution >= 0.6 is 0 Å². The van der Waals surface area contributed by atoms with Crippen molar-refractivity contribution >= 4 is 11.2 Å². The van der Waals surface area contributed by atoms with Gasteiger partial charge in [-0.05, 0) is 0 Å². The number of aromatic nitrogens is 4. The minimum atomic E-state index is -0.738. The molecule has 0 aliphatic rings. The molecule has 0 unspecified atom stereocenters. The summed E-state index contributed by atoms with van der Waals surface area (Å²) in [6, 6.07) is 0. The van der Waals surface area contributed by atoms with Gasteiger partial charge in [-0.3, -0.25) is 4.98 Å². The third-order valence-corrected chi connectivity index (χ3v) is 1.26. The normalized spacial score (nSPS) is 10.6. The van der Waals surface area contributed by atoms with Gasteiger partial charge in [-0.1, -0.05) is 0 Å². The van der Waals surface area contributed by atoms with E-state index in [1.807, 2.05) is 4.98 Å². The second kappa shape index (κ2) is 1.88. The van der Waals surface area contributed by atoms with E-state index in [2.05, 4.69) is 15.0 Å². The van der Waals surface area contributed by atoms with Gasteiger partial charge in [0.1, 0.15) is 5.52 Å². The quantitative estimate of drug-likeness (QED) is 0.515. The zero-order valence-corrected chi connectivity index (χ0v) is 5.26. The second-order valence-corrected chi connectivity index (χ2v) is 1.96. The molecule has 0 aliphatic carbocycles. The van der Waals surface area contributed by atoms with Crippen LogP contribution in [0.4, 0.5) is 4.39 Å². The number of imidazole rings is 1. The number of hydrogen-bond donors (Lipinski definition) is 2. The first-order valence-electron chi connectivity index (χ1n) is 2.86. The van der Waals surface area contributed by atoms with Crippen LogP contribution in [0.25, 0.3) is 11.2 Å². The van der Waals surface area contributed by atoms with Gasteiger partial charge in [0.25, 0.3) is 0 Å². The third-order valence-electron chi connectivity index (χ3n) is 1.26. The molecule has 0 aliphatic heterocycles. The summed E-state index contributed by atoms with van der Waals surface area (Å²) in [5.41, 5.74) is -0.530. The van der Waals surface area contributed by atoms with E-state index in [0.717, 1.165) is 0 Å². The summed E-state index contributed by atoms with van der Waals surface area (Å²) < 4.78 is 12.7. The van der Waals surface area contributed by atoms with Gasteiger partial charge in [-0.15, -0.1) is 0 Å². The van der Waals surface area contributed by atoms with Crippen LogP contribution < -0.4 is 5.69 Å². The molecular formula is C5H3FN4O. The molecule has 2 aromatic rings. The number of halogens is 1. The van der Waals surface area contributed by atoms with Crippen LogP contribution in [0, 0.1) is 5.95 Å². The Balaban J connectivity index is 3.02. The van der Waals surface area contributed by atoms with E-state index in [1.165, 1.54) is 6.33 Å². The van der Waals surface area contributed by atoms with Crippen LogP contribution in [0.15, 0.2) is 11.1 Å². The summed E-state index contributed by atoms with van der Waals surface area (Å²) in [7, 11) is 0. The maximum atomic E-state index is 12.7. The molecule has 0 spiro atoms. The van der Waals surface area contributed by atoms with Crippen LogP contribution in [-0.2, 0) is 0 Å². The lowest BCUT2D eigenvalue weighted by Gasteiger charge is -1.87.